The van der Waals surface area contributed by atoms with Crippen molar-refractivity contribution < 1.29 is 27.9 Å². The quantitative estimate of drug-likeness (QED) is 0.577. The Morgan fingerprint density at radius 2 is 1.87 bits per heavy atom. The second-order valence-corrected chi connectivity index (χ2v) is 7.73. The van der Waals surface area contributed by atoms with E-state index in [9.17, 15) is 14.0 Å². The molecule has 1 aliphatic rings. The molecule has 0 saturated carbocycles. The molecule has 0 spiro atoms. The number of carbonyl (C=O) groups excluding carboxylic acids is 2. The van der Waals surface area contributed by atoms with Gasteiger partial charge >= 0.3 is 0 Å². The lowest BCUT2D eigenvalue weighted by Gasteiger charge is -2.28. The fraction of sp³-hybridized carbons (Fsp3) is 0.478. The van der Waals surface area contributed by atoms with Crippen LogP contribution in [0, 0.1) is 12.7 Å². The van der Waals surface area contributed by atoms with Crippen molar-refractivity contribution in [3.63, 3.8) is 0 Å². The summed E-state index contributed by atoms with van der Waals surface area (Å²) in [6.07, 6.45) is 1.72. The molecule has 1 fully saturated rings. The van der Waals surface area contributed by atoms with Gasteiger partial charge in [0, 0.05) is 26.8 Å². The molecule has 2 amide bonds. The van der Waals surface area contributed by atoms with Gasteiger partial charge in [0.15, 0.2) is 0 Å². The van der Waals surface area contributed by atoms with Gasteiger partial charge in [-0.25, -0.2) is 4.39 Å². The molecule has 1 aromatic carbocycles. The van der Waals surface area contributed by atoms with Crippen LogP contribution in [0.2, 0.25) is 0 Å². The third-order valence-corrected chi connectivity index (χ3v) is 5.18. The zero-order valence-corrected chi connectivity index (χ0v) is 18.0. The molecule has 8 heteroatoms. The maximum absolute atomic E-state index is 13.3. The van der Waals surface area contributed by atoms with E-state index in [0.717, 1.165) is 24.2 Å². The van der Waals surface area contributed by atoms with Crippen LogP contribution in [0.25, 0.3) is 0 Å². The molecule has 1 atom stereocenters. The first-order valence-corrected chi connectivity index (χ1v) is 10.4. The highest BCUT2D eigenvalue weighted by molar-refractivity contribution is 5.85. The minimum absolute atomic E-state index is 0.0770. The number of furan rings is 1. The normalized spacial score (nSPS) is 15.8. The first-order valence-electron chi connectivity index (χ1n) is 10.4. The van der Waals surface area contributed by atoms with Crippen LogP contribution < -0.4 is 0 Å². The minimum Gasteiger partial charge on any atom is -0.464 e. The summed E-state index contributed by atoms with van der Waals surface area (Å²) in [4.78, 5) is 28.9. The maximum atomic E-state index is 13.3. The SMILES string of the molecule is COCC(=O)N(CC(=O)N(Cc1ccc(F)cc1)Cc1ccc(C)o1)CC1CCCO1. The van der Waals surface area contributed by atoms with Crippen molar-refractivity contribution in [3.8, 4) is 0 Å². The monoisotopic (exact) mass is 432 g/mol. The first kappa shape index (κ1) is 23.0. The lowest BCUT2D eigenvalue weighted by Crippen LogP contribution is -2.46. The van der Waals surface area contributed by atoms with E-state index < -0.39 is 0 Å². The van der Waals surface area contributed by atoms with Gasteiger partial charge in [-0.15, -0.1) is 0 Å². The Kier molecular flexibility index (Phi) is 8.20. The molecule has 1 aliphatic heterocycles. The number of carbonyl (C=O) groups is 2. The van der Waals surface area contributed by atoms with Gasteiger partial charge in [-0.2, -0.15) is 0 Å². The molecule has 168 valence electrons. The molecule has 2 heterocycles. The van der Waals surface area contributed by atoms with Gasteiger partial charge < -0.3 is 23.7 Å². The molecule has 2 aromatic rings. The van der Waals surface area contributed by atoms with Crippen molar-refractivity contribution in [2.45, 2.75) is 39.0 Å². The van der Waals surface area contributed by atoms with E-state index in [4.69, 9.17) is 13.9 Å². The number of hydrogen-bond acceptors (Lipinski definition) is 5. The first-order chi connectivity index (χ1) is 14.9. The van der Waals surface area contributed by atoms with E-state index in [1.807, 2.05) is 19.1 Å². The molecule has 0 aliphatic carbocycles. The van der Waals surface area contributed by atoms with E-state index in [0.29, 0.717) is 18.9 Å². The van der Waals surface area contributed by atoms with E-state index in [1.54, 1.807) is 17.0 Å². The number of rotatable bonds is 10. The predicted octanol–water partition coefficient (Wildman–Crippen LogP) is 2.91. The number of aryl methyl sites for hydroxylation is 1. The molecular weight excluding hydrogens is 403 g/mol. The van der Waals surface area contributed by atoms with Gasteiger partial charge in [-0.1, -0.05) is 12.1 Å². The van der Waals surface area contributed by atoms with Crippen LogP contribution in [-0.4, -0.2) is 61.1 Å². The molecule has 3 rings (SSSR count). The highest BCUT2D eigenvalue weighted by atomic mass is 19.1. The van der Waals surface area contributed by atoms with Crippen LogP contribution >= 0.6 is 0 Å². The van der Waals surface area contributed by atoms with Crippen LogP contribution in [0.4, 0.5) is 4.39 Å². The summed E-state index contributed by atoms with van der Waals surface area (Å²) in [6.45, 7) is 3.17. The summed E-state index contributed by atoms with van der Waals surface area (Å²) in [5.41, 5.74) is 0.784. The summed E-state index contributed by atoms with van der Waals surface area (Å²) >= 11 is 0. The standard InChI is InChI=1S/C23H29FN2O5/c1-17-5-10-21(31-17)14-25(12-18-6-8-19(24)9-7-18)22(27)15-26(23(28)16-29-2)13-20-4-3-11-30-20/h5-10,20H,3-4,11-16H2,1-2H3. The van der Waals surface area contributed by atoms with Crippen LogP contribution in [0.3, 0.4) is 0 Å². The minimum atomic E-state index is -0.337. The van der Waals surface area contributed by atoms with Crippen molar-refractivity contribution in [2.24, 2.45) is 0 Å². The summed E-state index contributed by atoms with van der Waals surface area (Å²) in [6, 6.07) is 9.66. The van der Waals surface area contributed by atoms with Crippen LogP contribution in [0.1, 0.15) is 29.9 Å². The van der Waals surface area contributed by atoms with Crippen molar-refractivity contribution in [1.29, 1.82) is 0 Å². The number of halogens is 1. The lowest BCUT2D eigenvalue weighted by molar-refractivity contribution is -0.144. The zero-order chi connectivity index (χ0) is 22.2. The van der Waals surface area contributed by atoms with Gasteiger partial charge in [0.2, 0.25) is 11.8 Å². The van der Waals surface area contributed by atoms with Crippen molar-refractivity contribution in [3.05, 3.63) is 59.3 Å². The molecule has 1 unspecified atom stereocenters. The summed E-state index contributed by atoms with van der Waals surface area (Å²) in [7, 11) is 1.45. The second kappa shape index (κ2) is 11.1. The third-order valence-electron chi connectivity index (χ3n) is 5.18. The molecule has 0 bridgehead atoms. The number of benzene rings is 1. The van der Waals surface area contributed by atoms with Gasteiger partial charge in [0.05, 0.1) is 19.2 Å². The number of hydrogen-bond donors (Lipinski definition) is 0. The molecule has 0 N–H and O–H groups in total. The highest BCUT2D eigenvalue weighted by Crippen LogP contribution is 2.16. The fourth-order valence-corrected chi connectivity index (χ4v) is 3.57. The van der Waals surface area contributed by atoms with Gasteiger partial charge in [-0.05, 0) is 49.6 Å². The Morgan fingerprint density at radius 3 is 2.48 bits per heavy atom. The Hall–Kier alpha value is -2.71. The van der Waals surface area contributed by atoms with Gasteiger partial charge in [-0.3, -0.25) is 9.59 Å². The Bertz CT molecular complexity index is 861. The van der Waals surface area contributed by atoms with E-state index in [2.05, 4.69) is 0 Å². The summed E-state index contributed by atoms with van der Waals surface area (Å²) < 4.78 is 29.6. The van der Waals surface area contributed by atoms with Gasteiger partial charge in [0.1, 0.15) is 23.9 Å². The van der Waals surface area contributed by atoms with Crippen molar-refractivity contribution in [2.75, 3.05) is 33.4 Å². The number of nitrogens with zero attached hydrogens (tertiary/aromatic N) is 2. The molecule has 1 saturated heterocycles. The van der Waals surface area contributed by atoms with Crippen LogP contribution in [-0.2, 0) is 32.2 Å². The molecule has 0 radical (unpaired) electrons. The van der Waals surface area contributed by atoms with Crippen molar-refractivity contribution in [1.82, 2.24) is 9.80 Å². The third kappa shape index (κ3) is 6.90. The summed E-state index contributed by atoms with van der Waals surface area (Å²) in [5.74, 6) is 0.556. The zero-order valence-electron chi connectivity index (χ0n) is 18.0. The summed E-state index contributed by atoms with van der Waals surface area (Å²) in [5, 5.41) is 0. The molecule has 1 aromatic heterocycles. The van der Waals surface area contributed by atoms with E-state index >= 15 is 0 Å². The average molecular weight is 432 g/mol. The largest absolute Gasteiger partial charge is 0.464 e. The second-order valence-electron chi connectivity index (χ2n) is 7.73. The highest BCUT2D eigenvalue weighted by Gasteiger charge is 2.26. The number of amides is 2. The van der Waals surface area contributed by atoms with E-state index in [-0.39, 0.29) is 50.0 Å². The lowest BCUT2D eigenvalue weighted by atomic mass is 10.2. The van der Waals surface area contributed by atoms with Crippen molar-refractivity contribution >= 4 is 11.8 Å². The Balaban J connectivity index is 1.74. The van der Waals surface area contributed by atoms with Crippen LogP contribution in [0.15, 0.2) is 40.8 Å². The smallest absolute Gasteiger partial charge is 0.249 e. The number of methoxy groups -OCH3 is 1. The average Bonchev–Trinajstić information content (AvgIpc) is 3.40. The predicted molar refractivity (Wildman–Crippen MR) is 112 cm³/mol. The maximum Gasteiger partial charge on any atom is 0.249 e. The Morgan fingerprint density at radius 1 is 1.10 bits per heavy atom. The van der Waals surface area contributed by atoms with Crippen LogP contribution in [0.5, 0.6) is 0 Å². The molecule has 31 heavy (non-hydrogen) atoms. The molecular formula is C23H29FN2O5. The Labute approximate surface area is 181 Å². The van der Waals surface area contributed by atoms with Gasteiger partial charge in [0.25, 0.3) is 0 Å². The number of ether oxygens (including phenoxy) is 2. The topological polar surface area (TPSA) is 72.2 Å². The van der Waals surface area contributed by atoms with E-state index in [1.165, 1.54) is 24.1 Å². The fourth-order valence-electron chi connectivity index (χ4n) is 3.57. The molecule has 7 nitrogen and oxygen atoms in total.